The molecule has 0 N–H and O–H groups in total. The Morgan fingerprint density at radius 2 is 0.833 bits per heavy atom. The van der Waals surface area contributed by atoms with E-state index in [1.54, 1.807) is 0 Å². The SMILES string of the molecule is c1ccc(-c2ccc(N(c3ccccc3)c3ccc(-c4nc5c6ccccc6c6ccccc6c5o4)cc3)cc2)cc1. The predicted octanol–water partition coefficient (Wildman–Crippen LogP) is 10.9. The smallest absolute Gasteiger partial charge is 0.227 e. The average Bonchev–Trinajstić information content (AvgIpc) is 3.53. The Balaban J connectivity index is 1.20. The Labute approximate surface area is 243 Å². The lowest BCUT2D eigenvalue weighted by Gasteiger charge is -2.25. The minimum absolute atomic E-state index is 0.622. The normalized spacial score (nSPS) is 11.3. The summed E-state index contributed by atoms with van der Waals surface area (Å²) in [5, 5.41) is 4.55. The van der Waals surface area contributed by atoms with Crippen LogP contribution in [0.25, 0.3) is 55.2 Å². The molecule has 8 aromatic rings. The number of oxazole rings is 1. The number of fused-ring (bicyclic) bond motifs is 6. The lowest BCUT2D eigenvalue weighted by molar-refractivity contribution is 0.623. The zero-order chi connectivity index (χ0) is 27.9. The Morgan fingerprint density at radius 3 is 1.48 bits per heavy atom. The molecule has 0 fully saturated rings. The Hall–Kier alpha value is -5.67. The first-order valence-electron chi connectivity index (χ1n) is 14.1. The highest BCUT2D eigenvalue weighted by atomic mass is 16.3. The second-order valence-corrected chi connectivity index (χ2v) is 10.4. The maximum atomic E-state index is 6.48. The van der Waals surface area contributed by atoms with Crippen LogP contribution in [0.1, 0.15) is 0 Å². The summed E-state index contributed by atoms with van der Waals surface area (Å²) in [4.78, 5) is 7.28. The van der Waals surface area contributed by atoms with Gasteiger partial charge in [-0.15, -0.1) is 0 Å². The van der Waals surface area contributed by atoms with Crippen LogP contribution in [-0.4, -0.2) is 4.98 Å². The molecule has 0 amide bonds. The maximum absolute atomic E-state index is 6.48. The zero-order valence-electron chi connectivity index (χ0n) is 22.8. The number of hydrogen-bond donors (Lipinski definition) is 0. The summed E-state index contributed by atoms with van der Waals surface area (Å²) in [6.45, 7) is 0. The third kappa shape index (κ3) is 4.11. The molecule has 0 saturated heterocycles. The number of nitrogens with zero attached hydrogens (tertiary/aromatic N) is 2. The zero-order valence-corrected chi connectivity index (χ0v) is 22.8. The van der Waals surface area contributed by atoms with Crippen molar-refractivity contribution in [2.75, 3.05) is 4.90 Å². The molecule has 1 aromatic heterocycles. The number of benzene rings is 7. The number of rotatable bonds is 5. The van der Waals surface area contributed by atoms with Crippen molar-refractivity contribution in [2.24, 2.45) is 0 Å². The highest BCUT2D eigenvalue weighted by Gasteiger charge is 2.17. The molecular weight excluding hydrogens is 512 g/mol. The molecule has 0 spiro atoms. The lowest BCUT2D eigenvalue weighted by atomic mass is 10.0. The van der Waals surface area contributed by atoms with Gasteiger partial charge in [-0.05, 0) is 70.4 Å². The van der Waals surface area contributed by atoms with E-state index in [4.69, 9.17) is 9.40 Å². The molecule has 0 aliphatic carbocycles. The van der Waals surface area contributed by atoms with Crippen molar-refractivity contribution in [1.29, 1.82) is 0 Å². The summed E-state index contributed by atoms with van der Waals surface area (Å²) >= 11 is 0. The monoisotopic (exact) mass is 538 g/mol. The van der Waals surface area contributed by atoms with Gasteiger partial charge in [-0.1, -0.05) is 109 Å². The van der Waals surface area contributed by atoms with Gasteiger partial charge < -0.3 is 9.32 Å². The third-order valence-electron chi connectivity index (χ3n) is 7.89. The second-order valence-electron chi connectivity index (χ2n) is 10.4. The van der Waals surface area contributed by atoms with Crippen molar-refractivity contribution in [2.45, 2.75) is 0 Å². The van der Waals surface area contributed by atoms with Crippen LogP contribution >= 0.6 is 0 Å². The second kappa shape index (κ2) is 10.1. The molecule has 0 atom stereocenters. The molecular formula is C39H26N2O. The quantitative estimate of drug-likeness (QED) is 0.204. The third-order valence-corrected chi connectivity index (χ3v) is 7.89. The standard InChI is InChI=1S/C39H26N2O/c1-3-11-27(12-4-1)28-19-23-31(24-20-28)41(30-13-5-2-6-14-30)32-25-21-29(22-26-32)39-40-37-35-17-9-7-15-33(35)34-16-8-10-18-36(34)38(37)42-39/h1-26H. The van der Waals surface area contributed by atoms with Crippen LogP contribution in [0.4, 0.5) is 17.1 Å². The molecule has 3 heteroatoms. The fraction of sp³-hybridized carbons (Fsp3) is 0. The lowest BCUT2D eigenvalue weighted by Crippen LogP contribution is -2.09. The molecule has 0 unspecified atom stereocenters. The molecule has 1 heterocycles. The van der Waals surface area contributed by atoms with Crippen LogP contribution in [0.15, 0.2) is 162 Å². The molecule has 42 heavy (non-hydrogen) atoms. The molecule has 0 bridgehead atoms. The molecule has 0 saturated carbocycles. The van der Waals surface area contributed by atoms with Crippen LogP contribution < -0.4 is 4.90 Å². The molecule has 8 rings (SSSR count). The molecule has 0 aliphatic heterocycles. The number of hydrogen-bond acceptors (Lipinski definition) is 3. The minimum atomic E-state index is 0.622. The topological polar surface area (TPSA) is 29.3 Å². The van der Waals surface area contributed by atoms with Gasteiger partial charge in [0.25, 0.3) is 0 Å². The molecule has 3 nitrogen and oxygen atoms in total. The van der Waals surface area contributed by atoms with E-state index in [0.717, 1.165) is 44.5 Å². The summed E-state index contributed by atoms with van der Waals surface area (Å²) in [6, 6.07) is 54.9. The summed E-state index contributed by atoms with van der Waals surface area (Å²) in [5.41, 5.74) is 8.31. The van der Waals surface area contributed by atoms with Crippen LogP contribution in [0.3, 0.4) is 0 Å². The highest BCUT2D eigenvalue weighted by molar-refractivity contribution is 6.22. The predicted molar refractivity (Wildman–Crippen MR) is 175 cm³/mol. The van der Waals surface area contributed by atoms with E-state index in [2.05, 4.69) is 150 Å². The Morgan fingerprint density at radius 1 is 0.381 bits per heavy atom. The van der Waals surface area contributed by atoms with E-state index in [0.29, 0.717) is 5.89 Å². The van der Waals surface area contributed by atoms with Crippen LogP contribution in [0.2, 0.25) is 0 Å². The number of anilines is 3. The summed E-state index contributed by atoms with van der Waals surface area (Å²) in [6.07, 6.45) is 0. The summed E-state index contributed by atoms with van der Waals surface area (Å²) < 4.78 is 6.48. The van der Waals surface area contributed by atoms with Gasteiger partial charge in [0.05, 0.1) is 0 Å². The summed E-state index contributed by atoms with van der Waals surface area (Å²) in [7, 11) is 0. The van der Waals surface area contributed by atoms with E-state index in [9.17, 15) is 0 Å². The van der Waals surface area contributed by atoms with Crippen molar-refractivity contribution >= 4 is 49.7 Å². The van der Waals surface area contributed by atoms with Crippen LogP contribution in [-0.2, 0) is 0 Å². The van der Waals surface area contributed by atoms with Gasteiger partial charge in [-0.3, -0.25) is 0 Å². The van der Waals surface area contributed by atoms with Crippen LogP contribution in [0, 0.1) is 0 Å². The molecule has 7 aromatic carbocycles. The molecule has 198 valence electrons. The van der Waals surface area contributed by atoms with Gasteiger partial charge in [-0.25, -0.2) is 4.98 Å². The van der Waals surface area contributed by atoms with Crippen molar-refractivity contribution in [1.82, 2.24) is 4.98 Å². The molecule has 0 aliphatic rings. The van der Waals surface area contributed by atoms with Gasteiger partial charge in [0.2, 0.25) is 5.89 Å². The Bertz CT molecular complexity index is 2090. The van der Waals surface area contributed by atoms with Gasteiger partial charge in [0, 0.05) is 33.4 Å². The van der Waals surface area contributed by atoms with Gasteiger partial charge in [0.15, 0.2) is 5.58 Å². The van der Waals surface area contributed by atoms with E-state index in [1.165, 1.54) is 21.9 Å². The van der Waals surface area contributed by atoms with E-state index < -0.39 is 0 Å². The van der Waals surface area contributed by atoms with Crippen molar-refractivity contribution in [3.05, 3.63) is 158 Å². The van der Waals surface area contributed by atoms with Crippen molar-refractivity contribution in [3.63, 3.8) is 0 Å². The number of aromatic nitrogens is 1. The maximum Gasteiger partial charge on any atom is 0.227 e. The van der Waals surface area contributed by atoms with Crippen molar-refractivity contribution in [3.8, 4) is 22.6 Å². The van der Waals surface area contributed by atoms with Crippen molar-refractivity contribution < 1.29 is 4.42 Å². The molecule has 0 radical (unpaired) electrons. The van der Waals surface area contributed by atoms with E-state index >= 15 is 0 Å². The minimum Gasteiger partial charge on any atom is -0.435 e. The summed E-state index contributed by atoms with van der Waals surface area (Å²) in [5.74, 6) is 0.622. The fourth-order valence-corrected chi connectivity index (χ4v) is 5.86. The van der Waals surface area contributed by atoms with E-state index in [-0.39, 0.29) is 0 Å². The first kappa shape index (κ1) is 24.2. The van der Waals surface area contributed by atoms with E-state index in [1.807, 2.05) is 12.1 Å². The van der Waals surface area contributed by atoms with Crippen LogP contribution in [0.5, 0.6) is 0 Å². The van der Waals surface area contributed by atoms with Gasteiger partial charge in [-0.2, -0.15) is 0 Å². The average molecular weight is 539 g/mol. The van der Waals surface area contributed by atoms with Gasteiger partial charge >= 0.3 is 0 Å². The Kier molecular flexibility index (Phi) is 5.79. The first-order chi connectivity index (χ1) is 20.8. The first-order valence-corrected chi connectivity index (χ1v) is 14.1. The largest absolute Gasteiger partial charge is 0.435 e. The number of para-hydroxylation sites is 1. The highest BCUT2D eigenvalue weighted by Crippen LogP contribution is 2.39. The fourth-order valence-electron chi connectivity index (χ4n) is 5.86. The van der Waals surface area contributed by atoms with Gasteiger partial charge in [0.1, 0.15) is 5.52 Å².